The van der Waals surface area contributed by atoms with E-state index < -0.39 is 4.92 Å². The lowest BCUT2D eigenvalue weighted by atomic mass is 10.1. The number of morpholine rings is 1. The van der Waals surface area contributed by atoms with Gasteiger partial charge in [-0.1, -0.05) is 30.3 Å². The van der Waals surface area contributed by atoms with Crippen molar-refractivity contribution in [3.05, 3.63) is 52.6 Å². The molecule has 1 aliphatic heterocycles. The van der Waals surface area contributed by atoms with Gasteiger partial charge in [0.1, 0.15) is 5.82 Å². The zero-order chi connectivity index (χ0) is 17.5. The summed E-state index contributed by atoms with van der Waals surface area (Å²) in [7, 11) is 0. The molecule has 0 spiro atoms. The number of pyridine rings is 1. The number of hydrogen-bond acceptors (Lipinski definition) is 6. The van der Waals surface area contributed by atoms with Crippen molar-refractivity contribution in [2.45, 2.75) is 6.42 Å². The molecule has 0 saturated carbocycles. The summed E-state index contributed by atoms with van der Waals surface area (Å²) in [6.07, 6.45) is 0.985. The lowest BCUT2D eigenvalue weighted by Crippen LogP contribution is -2.37. The third-order valence-corrected chi connectivity index (χ3v) is 4.18. The molecule has 0 amide bonds. The number of aromatic nitrogens is 1. The molecule has 1 aromatic heterocycles. The molecular formula is C18H22N4O3. The fourth-order valence-corrected chi connectivity index (χ4v) is 2.85. The minimum absolute atomic E-state index is 0.0186. The first-order valence-corrected chi connectivity index (χ1v) is 8.49. The van der Waals surface area contributed by atoms with Crippen LogP contribution in [0.1, 0.15) is 6.42 Å². The summed E-state index contributed by atoms with van der Waals surface area (Å²) in [5.74, 6) is 0.659. The molecule has 132 valence electrons. The van der Waals surface area contributed by atoms with E-state index in [9.17, 15) is 10.1 Å². The molecule has 0 atom stereocenters. The molecule has 1 aliphatic rings. The fourth-order valence-electron chi connectivity index (χ4n) is 2.85. The lowest BCUT2D eigenvalue weighted by molar-refractivity contribution is -0.384. The summed E-state index contributed by atoms with van der Waals surface area (Å²) < 4.78 is 5.34. The maximum absolute atomic E-state index is 11.3. The molecule has 2 aromatic rings. The number of nitrogens with one attached hydrogen (secondary N) is 1. The second-order valence-electron chi connectivity index (χ2n) is 5.92. The number of hydrogen-bond donors (Lipinski definition) is 1. The van der Waals surface area contributed by atoms with Crippen LogP contribution < -0.4 is 5.32 Å². The molecular weight excluding hydrogens is 320 g/mol. The molecule has 0 bridgehead atoms. The predicted octanol–water partition coefficient (Wildman–Crippen LogP) is 2.79. The maximum atomic E-state index is 11.3. The Morgan fingerprint density at radius 2 is 1.92 bits per heavy atom. The Bertz CT molecular complexity index is 703. The van der Waals surface area contributed by atoms with Gasteiger partial charge < -0.3 is 10.1 Å². The fraction of sp³-hybridized carbons (Fsp3) is 0.389. The zero-order valence-corrected chi connectivity index (χ0v) is 14.1. The third kappa shape index (κ3) is 4.74. The SMILES string of the molecule is O=[N+]([O-])c1ccc(NCCCN2CCOCC2)nc1-c1ccccc1. The van der Waals surface area contributed by atoms with Crippen molar-refractivity contribution >= 4 is 11.5 Å². The highest BCUT2D eigenvalue weighted by Crippen LogP contribution is 2.29. The number of ether oxygens (including phenoxy) is 1. The molecule has 0 unspecified atom stereocenters. The molecule has 3 rings (SSSR count). The van der Waals surface area contributed by atoms with E-state index in [1.807, 2.05) is 30.3 Å². The van der Waals surface area contributed by atoms with E-state index in [-0.39, 0.29) is 5.69 Å². The van der Waals surface area contributed by atoms with Crippen LogP contribution in [-0.4, -0.2) is 54.2 Å². The minimum Gasteiger partial charge on any atom is -0.379 e. The van der Waals surface area contributed by atoms with Crippen LogP contribution >= 0.6 is 0 Å². The van der Waals surface area contributed by atoms with Gasteiger partial charge in [-0.25, -0.2) is 4.98 Å². The average molecular weight is 342 g/mol. The van der Waals surface area contributed by atoms with Gasteiger partial charge in [0.2, 0.25) is 0 Å². The quantitative estimate of drug-likeness (QED) is 0.473. The van der Waals surface area contributed by atoms with Gasteiger partial charge in [-0.15, -0.1) is 0 Å². The molecule has 7 nitrogen and oxygen atoms in total. The van der Waals surface area contributed by atoms with Gasteiger partial charge in [0.25, 0.3) is 5.69 Å². The standard InChI is InChI=1S/C18H22N4O3/c23-22(24)16-7-8-17(20-18(16)15-5-2-1-3-6-15)19-9-4-10-21-11-13-25-14-12-21/h1-3,5-8H,4,9-14H2,(H,19,20). The Hall–Kier alpha value is -2.51. The number of nitrogens with zero attached hydrogens (tertiary/aromatic N) is 3. The highest BCUT2D eigenvalue weighted by atomic mass is 16.6. The Balaban J connectivity index is 1.63. The summed E-state index contributed by atoms with van der Waals surface area (Å²) in [4.78, 5) is 17.7. The van der Waals surface area contributed by atoms with E-state index >= 15 is 0 Å². The van der Waals surface area contributed by atoms with Crippen LogP contribution in [0.3, 0.4) is 0 Å². The summed E-state index contributed by atoms with van der Waals surface area (Å²) in [6.45, 7) is 5.35. The Labute approximate surface area is 146 Å². The van der Waals surface area contributed by atoms with Crippen LogP contribution in [0.2, 0.25) is 0 Å². The normalized spacial score (nSPS) is 15.0. The molecule has 1 saturated heterocycles. The lowest BCUT2D eigenvalue weighted by Gasteiger charge is -2.26. The summed E-state index contributed by atoms with van der Waals surface area (Å²) in [6, 6.07) is 12.4. The van der Waals surface area contributed by atoms with E-state index in [2.05, 4.69) is 15.2 Å². The monoisotopic (exact) mass is 342 g/mol. The molecule has 2 heterocycles. The highest BCUT2D eigenvalue weighted by Gasteiger charge is 2.17. The van der Waals surface area contributed by atoms with Crippen molar-refractivity contribution in [3.63, 3.8) is 0 Å². The van der Waals surface area contributed by atoms with E-state index in [0.29, 0.717) is 11.5 Å². The van der Waals surface area contributed by atoms with Crippen molar-refractivity contribution in [3.8, 4) is 11.3 Å². The second-order valence-corrected chi connectivity index (χ2v) is 5.92. The first-order chi connectivity index (χ1) is 12.2. The second kappa shape index (κ2) is 8.55. The Morgan fingerprint density at radius 1 is 1.16 bits per heavy atom. The van der Waals surface area contributed by atoms with Gasteiger partial charge in [-0.05, 0) is 19.0 Å². The molecule has 1 aromatic carbocycles. The third-order valence-electron chi connectivity index (χ3n) is 4.18. The molecule has 0 radical (unpaired) electrons. The van der Waals surface area contributed by atoms with E-state index in [1.165, 1.54) is 6.07 Å². The topological polar surface area (TPSA) is 80.5 Å². The molecule has 0 aliphatic carbocycles. The van der Waals surface area contributed by atoms with Crippen molar-refractivity contribution in [2.75, 3.05) is 44.7 Å². The van der Waals surface area contributed by atoms with Crippen molar-refractivity contribution < 1.29 is 9.66 Å². The average Bonchev–Trinajstić information content (AvgIpc) is 2.66. The summed E-state index contributed by atoms with van der Waals surface area (Å²) in [5.41, 5.74) is 1.15. The van der Waals surface area contributed by atoms with Gasteiger partial charge >= 0.3 is 0 Å². The number of nitro groups is 1. The summed E-state index contributed by atoms with van der Waals surface area (Å²) in [5, 5.41) is 14.5. The van der Waals surface area contributed by atoms with Gasteiger partial charge in [-0.3, -0.25) is 15.0 Å². The van der Waals surface area contributed by atoms with E-state index in [1.54, 1.807) is 6.07 Å². The Morgan fingerprint density at radius 3 is 2.64 bits per heavy atom. The molecule has 1 fully saturated rings. The van der Waals surface area contributed by atoms with Gasteiger partial charge in [0, 0.05) is 31.3 Å². The first-order valence-electron chi connectivity index (χ1n) is 8.49. The van der Waals surface area contributed by atoms with Crippen molar-refractivity contribution in [2.24, 2.45) is 0 Å². The predicted molar refractivity (Wildman–Crippen MR) is 96.7 cm³/mol. The molecule has 1 N–H and O–H groups in total. The van der Waals surface area contributed by atoms with Gasteiger partial charge in [-0.2, -0.15) is 0 Å². The zero-order valence-electron chi connectivity index (χ0n) is 14.1. The Kier molecular flexibility index (Phi) is 5.92. The van der Waals surface area contributed by atoms with Crippen LogP contribution in [0.4, 0.5) is 11.5 Å². The van der Waals surface area contributed by atoms with Crippen LogP contribution in [0, 0.1) is 10.1 Å². The van der Waals surface area contributed by atoms with Gasteiger partial charge in [0.15, 0.2) is 5.69 Å². The number of anilines is 1. The van der Waals surface area contributed by atoms with Crippen LogP contribution in [0.25, 0.3) is 11.3 Å². The van der Waals surface area contributed by atoms with Crippen molar-refractivity contribution in [1.29, 1.82) is 0 Å². The maximum Gasteiger partial charge on any atom is 0.295 e. The summed E-state index contributed by atoms with van der Waals surface area (Å²) >= 11 is 0. The molecule has 25 heavy (non-hydrogen) atoms. The van der Waals surface area contributed by atoms with Crippen LogP contribution in [-0.2, 0) is 4.74 Å². The van der Waals surface area contributed by atoms with E-state index in [4.69, 9.17) is 4.74 Å². The van der Waals surface area contributed by atoms with Gasteiger partial charge in [0.05, 0.1) is 18.1 Å². The minimum atomic E-state index is -0.391. The highest BCUT2D eigenvalue weighted by molar-refractivity contribution is 5.71. The first kappa shape index (κ1) is 17.3. The van der Waals surface area contributed by atoms with Crippen molar-refractivity contribution in [1.82, 2.24) is 9.88 Å². The number of rotatable bonds is 7. The van der Waals surface area contributed by atoms with Crippen LogP contribution in [0.5, 0.6) is 0 Å². The largest absolute Gasteiger partial charge is 0.379 e. The van der Waals surface area contributed by atoms with Crippen LogP contribution in [0.15, 0.2) is 42.5 Å². The molecule has 7 heteroatoms. The smallest absolute Gasteiger partial charge is 0.295 e. The number of benzene rings is 1. The van der Waals surface area contributed by atoms with E-state index in [0.717, 1.165) is 51.4 Å².